The number of aryl methyl sites for hydroxylation is 1. The molecule has 0 spiro atoms. The zero-order valence-electron chi connectivity index (χ0n) is 9.20. The molecule has 15 heavy (non-hydrogen) atoms. The van der Waals surface area contributed by atoms with Gasteiger partial charge >= 0.3 is 0 Å². The molecule has 0 bridgehead atoms. The highest BCUT2D eigenvalue weighted by Crippen LogP contribution is 2.21. The van der Waals surface area contributed by atoms with Gasteiger partial charge in [0.15, 0.2) is 0 Å². The molecule has 0 N–H and O–H groups in total. The second-order valence-electron chi connectivity index (χ2n) is 4.39. The summed E-state index contributed by atoms with van der Waals surface area (Å²) in [5, 5.41) is 1.31. The van der Waals surface area contributed by atoms with Gasteiger partial charge in [-0.15, -0.1) is 0 Å². The quantitative estimate of drug-likeness (QED) is 0.773. The number of rotatable bonds is 3. The highest BCUT2D eigenvalue weighted by molar-refractivity contribution is 9.10. The minimum atomic E-state index is 0.762. The monoisotopic (exact) mass is 265 g/mol. The number of benzene rings is 1. The number of fused-ring (bicyclic) bond motifs is 1. The topological polar surface area (TPSA) is 4.93 Å². The molecule has 0 fully saturated rings. The van der Waals surface area contributed by atoms with Gasteiger partial charge in [0.05, 0.1) is 0 Å². The Morgan fingerprint density at radius 3 is 2.80 bits per heavy atom. The fraction of sp³-hybridized carbons (Fsp3) is 0.385. The number of halogens is 1. The van der Waals surface area contributed by atoms with E-state index in [0.717, 1.165) is 16.9 Å². The Bertz CT molecular complexity index is 457. The summed E-state index contributed by atoms with van der Waals surface area (Å²) in [5.41, 5.74) is 1.33. The summed E-state index contributed by atoms with van der Waals surface area (Å²) in [6.07, 6.45) is 3.42. The molecule has 0 aliphatic carbocycles. The van der Waals surface area contributed by atoms with Crippen molar-refractivity contribution in [2.45, 2.75) is 26.8 Å². The lowest BCUT2D eigenvalue weighted by atomic mass is 10.1. The molecule has 2 rings (SSSR count). The van der Waals surface area contributed by atoms with Crippen LogP contribution in [0.15, 0.2) is 34.9 Å². The van der Waals surface area contributed by atoms with Crippen LogP contribution in [0.2, 0.25) is 0 Å². The fourth-order valence-electron chi connectivity index (χ4n) is 1.76. The minimum Gasteiger partial charge on any atom is -0.347 e. The maximum atomic E-state index is 3.49. The van der Waals surface area contributed by atoms with Crippen molar-refractivity contribution >= 4 is 26.8 Å². The first kappa shape index (κ1) is 10.7. The van der Waals surface area contributed by atoms with E-state index < -0.39 is 0 Å². The van der Waals surface area contributed by atoms with Crippen LogP contribution in [0.5, 0.6) is 0 Å². The van der Waals surface area contributed by atoms with Crippen LogP contribution in [0.3, 0.4) is 0 Å². The van der Waals surface area contributed by atoms with E-state index in [-0.39, 0.29) is 0 Å². The van der Waals surface area contributed by atoms with Crippen molar-refractivity contribution in [3.8, 4) is 0 Å². The van der Waals surface area contributed by atoms with Crippen LogP contribution in [-0.4, -0.2) is 4.57 Å². The van der Waals surface area contributed by atoms with Gasteiger partial charge in [0.1, 0.15) is 0 Å². The van der Waals surface area contributed by atoms with Gasteiger partial charge in [0.25, 0.3) is 0 Å². The van der Waals surface area contributed by atoms with Crippen molar-refractivity contribution in [3.05, 3.63) is 34.9 Å². The molecule has 0 unspecified atom stereocenters. The Labute approximate surface area is 99.2 Å². The van der Waals surface area contributed by atoms with Gasteiger partial charge in [-0.1, -0.05) is 29.8 Å². The zero-order chi connectivity index (χ0) is 10.8. The number of hydrogen-bond donors (Lipinski definition) is 0. The number of hydrogen-bond acceptors (Lipinski definition) is 0. The van der Waals surface area contributed by atoms with Crippen LogP contribution in [0, 0.1) is 5.92 Å². The molecule has 1 nitrogen and oxygen atoms in total. The summed E-state index contributed by atoms with van der Waals surface area (Å²) in [4.78, 5) is 0. The van der Waals surface area contributed by atoms with Crippen molar-refractivity contribution < 1.29 is 0 Å². The maximum Gasteiger partial charge on any atom is 0.0481 e. The molecule has 0 saturated heterocycles. The summed E-state index contributed by atoms with van der Waals surface area (Å²) < 4.78 is 3.48. The first-order chi connectivity index (χ1) is 7.16. The van der Waals surface area contributed by atoms with Crippen molar-refractivity contribution in [1.82, 2.24) is 4.57 Å². The standard InChI is InChI=1S/C13H16BrN/c1-10(2)5-7-15-8-6-11-9-12(14)3-4-13(11)15/h3-4,6,8-10H,5,7H2,1-2H3. The normalized spacial score (nSPS) is 11.5. The van der Waals surface area contributed by atoms with Crippen molar-refractivity contribution in [2.75, 3.05) is 0 Å². The van der Waals surface area contributed by atoms with E-state index in [9.17, 15) is 0 Å². The van der Waals surface area contributed by atoms with Gasteiger partial charge in [-0.25, -0.2) is 0 Å². The van der Waals surface area contributed by atoms with E-state index in [2.05, 4.69) is 64.8 Å². The third-order valence-electron chi connectivity index (χ3n) is 2.68. The van der Waals surface area contributed by atoms with Gasteiger partial charge < -0.3 is 4.57 Å². The van der Waals surface area contributed by atoms with E-state index in [1.165, 1.54) is 17.3 Å². The van der Waals surface area contributed by atoms with Crippen LogP contribution < -0.4 is 0 Å². The third-order valence-corrected chi connectivity index (χ3v) is 3.17. The smallest absolute Gasteiger partial charge is 0.0481 e. The summed E-state index contributed by atoms with van der Waals surface area (Å²) in [7, 11) is 0. The fourth-order valence-corrected chi connectivity index (χ4v) is 2.14. The molecule has 2 aromatic rings. The predicted octanol–water partition coefficient (Wildman–Crippen LogP) is 4.45. The molecule has 1 aromatic carbocycles. The number of nitrogens with zero attached hydrogens (tertiary/aromatic N) is 1. The molecule has 0 atom stereocenters. The molecule has 2 heteroatoms. The molecule has 0 saturated carbocycles. The zero-order valence-corrected chi connectivity index (χ0v) is 10.8. The second-order valence-corrected chi connectivity index (χ2v) is 5.31. The van der Waals surface area contributed by atoms with Gasteiger partial charge in [-0.2, -0.15) is 0 Å². The Balaban J connectivity index is 2.29. The van der Waals surface area contributed by atoms with E-state index in [1.54, 1.807) is 0 Å². The van der Waals surface area contributed by atoms with E-state index in [1.807, 2.05) is 0 Å². The Morgan fingerprint density at radius 1 is 1.27 bits per heavy atom. The molecule has 80 valence electrons. The van der Waals surface area contributed by atoms with Crippen LogP contribution in [-0.2, 0) is 6.54 Å². The lowest BCUT2D eigenvalue weighted by Gasteiger charge is -2.07. The predicted molar refractivity (Wildman–Crippen MR) is 69.1 cm³/mol. The lowest BCUT2D eigenvalue weighted by molar-refractivity contribution is 0.524. The summed E-state index contributed by atoms with van der Waals surface area (Å²) in [6, 6.07) is 8.63. The third kappa shape index (κ3) is 2.43. The minimum absolute atomic E-state index is 0.762. The summed E-state index contributed by atoms with van der Waals surface area (Å²) >= 11 is 3.49. The molecule has 1 aromatic heterocycles. The van der Waals surface area contributed by atoms with Gasteiger partial charge in [-0.3, -0.25) is 0 Å². The van der Waals surface area contributed by atoms with Gasteiger partial charge in [0.2, 0.25) is 0 Å². The van der Waals surface area contributed by atoms with Gasteiger partial charge in [-0.05, 0) is 36.6 Å². The van der Waals surface area contributed by atoms with Crippen LogP contribution in [0.25, 0.3) is 10.9 Å². The molecule has 1 heterocycles. The Hall–Kier alpha value is -0.760. The largest absolute Gasteiger partial charge is 0.347 e. The first-order valence-electron chi connectivity index (χ1n) is 5.41. The first-order valence-corrected chi connectivity index (χ1v) is 6.20. The molecular weight excluding hydrogens is 250 g/mol. The molecule has 0 aliphatic rings. The molecule has 0 radical (unpaired) electrons. The molecular formula is C13H16BrN. The maximum absolute atomic E-state index is 3.49. The SMILES string of the molecule is CC(C)CCn1ccc2cc(Br)ccc21. The summed E-state index contributed by atoms with van der Waals surface area (Å²) in [6.45, 7) is 5.65. The van der Waals surface area contributed by atoms with E-state index in [0.29, 0.717) is 0 Å². The van der Waals surface area contributed by atoms with E-state index in [4.69, 9.17) is 0 Å². The number of aromatic nitrogens is 1. The molecule has 0 aliphatic heterocycles. The van der Waals surface area contributed by atoms with Crippen LogP contribution >= 0.6 is 15.9 Å². The second kappa shape index (κ2) is 4.40. The highest BCUT2D eigenvalue weighted by atomic mass is 79.9. The average molecular weight is 266 g/mol. The average Bonchev–Trinajstić information content (AvgIpc) is 2.57. The van der Waals surface area contributed by atoms with Crippen LogP contribution in [0.1, 0.15) is 20.3 Å². The van der Waals surface area contributed by atoms with Crippen LogP contribution in [0.4, 0.5) is 0 Å². The lowest BCUT2D eigenvalue weighted by Crippen LogP contribution is -1.99. The highest BCUT2D eigenvalue weighted by Gasteiger charge is 2.02. The Morgan fingerprint density at radius 2 is 2.07 bits per heavy atom. The van der Waals surface area contributed by atoms with E-state index >= 15 is 0 Å². The van der Waals surface area contributed by atoms with Gasteiger partial charge in [0, 0.05) is 28.1 Å². The van der Waals surface area contributed by atoms with Crippen molar-refractivity contribution in [2.24, 2.45) is 5.92 Å². The Kier molecular flexibility index (Phi) is 3.15. The van der Waals surface area contributed by atoms with Crippen molar-refractivity contribution in [1.29, 1.82) is 0 Å². The molecule has 0 amide bonds. The summed E-state index contributed by atoms with van der Waals surface area (Å²) in [5.74, 6) is 0.762. The van der Waals surface area contributed by atoms with Crippen molar-refractivity contribution in [3.63, 3.8) is 0 Å².